The van der Waals surface area contributed by atoms with Crippen LogP contribution in [0.4, 0.5) is 0 Å². The summed E-state index contributed by atoms with van der Waals surface area (Å²) >= 11 is 3.50. The number of alkyl halides is 1. The predicted molar refractivity (Wildman–Crippen MR) is 72.9 cm³/mol. The fourth-order valence-corrected chi connectivity index (χ4v) is 2.99. The van der Waals surface area contributed by atoms with Crippen molar-refractivity contribution in [3.05, 3.63) is 24.0 Å². The van der Waals surface area contributed by atoms with Crippen LogP contribution < -0.4 is 5.32 Å². The maximum absolute atomic E-state index is 12.0. The highest BCUT2D eigenvalue weighted by Gasteiger charge is 2.23. The molecule has 1 aliphatic carbocycles. The van der Waals surface area contributed by atoms with Crippen molar-refractivity contribution in [1.82, 2.24) is 10.3 Å². The maximum Gasteiger partial charge on any atom is 0.255 e. The van der Waals surface area contributed by atoms with E-state index in [-0.39, 0.29) is 17.7 Å². The summed E-state index contributed by atoms with van der Waals surface area (Å²) in [6, 6.07) is 1.75. The van der Waals surface area contributed by atoms with Crippen LogP contribution in [0.2, 0.25) is 0 Å². The summed E-state index contributed by atoms with van der Waals surface area (Å²) in [5.41, 5.74) is 0.297. The maximum atomic E-state index is 12.0. The van der Waals surface area contributed by atoms with Gasteiger partial charge >= 0.3 is 0 Å². The number of halogens is 1. The molecule has 2 rings (SSSR count). The average Bonchev–Trinajstić information content (AvgIpc) is 2.39. The molecule has 1 saturated carbocycles. The normalized spacial score (nSPS) is 23.6. The van der Waals surface area contributed by atoms with Crippen molar-refractivity contribution >= 4 is 21.8 Å². The van der Waals surface area contributed by atoms with E-state index in [1.165, 1.54) is 24.9 Å². The molecule has 2 N–H and O–H groups in total. The van der Waals surface area contributed by atoms with Crippen LogP contribution in [0.5, 0.6) is 5.75 Å². The van der Waals surface area contributed by atoms with Gasteiger partial charge in [-0.15, -0.1) is 0 Å². The van der Waals surface area contributed by atoms with Gasteiger partial charge in [-0.1, -0.05) is 22.4 Å². The SMILES string of the molecule is O=C(NC1CCCC(CBr)C1)c1ccncc1O. The molecule has 1 aliphatic rings. The van der Waals surface area contributed by atoms with Crippen molar-refractivity contribution in [2.24, 2.45) is 5.92 Å². The van der Waals surface area contributed by atoms with Crippen LogP contribution in [0.15, 0.2) is 18.5 Å². The number of carbonyl (C=O) groups excluding carboxylic acids is 1. The lowest BCUT2D eigenvalue weighted by Gasteiger charge is -2.28. The zero-order valence-corrected chi connectivity index (χ0v) is 11.7. The van der Waals surface area contributed by atoms with Crippen molar-refractivity contribution in [3.63, 3.8) is 0 Å². The lowest BCUT2D eigenvalue weighted by molar-refractivity contribution is 0.0919. The lowest BCUT2D eigenvalue weighted by atomic mass is 9.87. The number of aromatic hydroxyl groups is 1. The molecule has 1 fully saturated rings. The Morgan fingerprint density at radius 1 is 1.56 bits per heavy atom. The van der Waals surface area contributed by atoms with Crippen LogP contribution in [0.1, 0.15) is 36.0 Å². The van der Waals surface area contributed by atoms with Crippen LogP contribution in [0.25, 0.3) is 0 Å². The molecule has 0 aromatic carbocycles. The van der Waals surface area contributed by atoms with E-state index in [0.717, 1.165) is 24.6 Å². The summed E-state index contributed by atoms with van der Waals surface area (Å²) in [7, 11) is 0. The number of amides is 1. The number of nitrogens with zero attached hydrogens (tertiary/aromatic N) is 1. The zero-order valence-electron chi connectivity index (χ0n) is 10.1. The molecule has 0 aliphatic heterocycles. The Bertz CT molecular complexity index is 425. The van der Waals surface area contributed by atoms with Crippen LogP contribution in [-0.4, -0.2) is 27.4 Å². The molecule has 5 heteroatoms. The molecule has 0 radical (unpaired) electrons. The Morgan fingerprint density at radius 3 is 3.11 bits per heavy atom. The summed E-state index contributed by atoms with van der Waals surface area (Å²) in [5.74, 6) is 0.355. The monoisotopic (exact) mass is 312 g/mol. The minimum absolute atomic E-state index is 0.0668. The van der Waals surface area contributed by atoms with Gasteiger partial charge in [0, 0.05) is 17.6 Å². The molecule has 0 spiro atoms. The van der Waals surface area contributed by atoms with Gasteiger partial charge in [0.2, 0.25) is 0 Å². The van der Waals surface area contributed by atoms with E-state index in [2.05, 4.69) is 26.2 Å². The van der Waals surface area contributed by atoms with Gasteiger partial charge in [0.1, 0.15) is 5.75 Å². The molecule has 2 atom stereocenters. The first-order valence-electron chi connectivity index (χ1n) is 6.20. The van der Waals surface area contributed by atoms with Crippen LogP contribution >= 0.6 is 15.9 Å². The third-order valence-corrected chi connectivity index (χ3v) is 4.30. The average molecular weight is 313 g/mol. The van der Waals surface area contributed by atoms with Gasteiger partial charge in [-0.3, -0.25) is 9.78 Å². The first kappa shape index (κ1) is 13.3. The standard InChI is InChI=1S/C13H17BrN2O2/c14-7-9-2-1-3-10(6-9)16-13(18)11-4-5-15-8-12(11)17/h4-5,8-10,17H,1-3,6-7H2,(H,16,18). The van der Waals surface area contributed by atoms with Gasteiger partial charge < -0.3 is 10.4 Å². The quantitative estimate of drug-likeness (QED) is 0.843. The Balaban J connectivity index is 1.97. The van der Waals surface area contributed by atoms with E-state index in [1.807, 2.05) is 0 Å². The van der Waals surface area contributed by atoms with Crippen LogP contribution in [0, 0.1) is 5.92 Å². The molecule has 0 saturated heterocycles. The summed E-state index contributed by atoms with van der Waals surface area (Å²) in [4.78, 5) is 15.8. The van der Waals surface area contributed by atoms with E-state index in [9.17, 15) is 9.90 Å². The molecule has 0 bridgehead atoms. The van der Waals surface area contributed by atoms with Gasteiger partial charge in [-0.05, 0) is 31.2 Å². The number of nitrogens with one attached hydrogen (secondary N) is 1. The lowest BCUT2D eigenvalue weighted by Crippen LogP contribution is -2.38. The highest BCUT2D eigenvalue weighted by Crippen LogP contribution is 2.26. The van der Waals surface area contributed by atoms with Gasteiger partial charge in [0.25, 0.3) is 5.91 Å². The number of hydrogen-bond acceptors (Lipinski definition) is 3. The van der Waals surface area contributed by atoms with Crippen molar-refractivity contribution in [2.45, 2.75) is 31.7 Å². The van der Waals surface area contributed by atoms with Gasteiger partial charge in [-0.2, -0.15) is 0 Å². The largest absolute Gasteiger partial charge is 0.505 e. The predicted octanol–water partition coefficient (Wildman–Crippen LogP) is 2.47. The number of hydrogen-bond donors (Lipinski definition) is 2. The Hall–Kier alpha value is -1.10. The minimum atomic E-state index is -0.213. The second kappa shape index (κ2) is 6.18. The third-order valence-electron chi connectivity index (χ3n) is 3.38. The summed E-state index contributed by atoms with van der Waals surface area (Å²) in [6.45, 7) is 0. The number of aromatic nitrogens is 1. The topological polar surface area (TPSA) is 62.2 Å². The molecule has 18 heavy (non-hydrogen) atoms. The van der Waals surface area contributed by atoms with E-state index in [4.69, 9.17) is 0 Å². The fourth-order valence-electron chi connectivity index (χ4n) is 2.40. The number of rotatable bonds is 3. The van der Waals surface area contributed by atoms with Gasteiger partial charge in [-0.25, -0.2) is 0 Å². The Kier molecular flexibility index (Phi) is 4.58. The summed E-state index contributed by atoms with van der Waals surface area (Å²) < 4.78 is 0. The fraction of sp³-hybridized carbons (Fsp3) is 0.538. The molecule has 4 nitrogen and oxygen atoms in total. The second-order valence-electron chi connectivity index (χ2n) is 4.75. The number of carbonyl (C=O) groups is 1. The van der Waals surface area contributed by atoms with Crippen LogP contribution in [0.3, 0.4) is 0 Å². The number of pyridine rings is 1. The first-order chi connectivity index (χ1) is 8.70. The Labute approximate surface area is 115 Å². The molecule has 98 valence electrons. The first-order valence-corrected chi connectivity index (χ1v) is 7.32. The molecular weight excluding hydrogens is 296 g/mol. The van der Waals surface area contributed by atoms with Crippen LogP contribution in [-0.2, 0) is 0 Å². The second-order valence-corrected chi connectivity index (χ2v) is 5.40. The van der Waals surface area contributed by atoms with E-state index >= 15 is 0 Å². The van der Waals surface area contributed by atoms with E-state index in [0.29, 0.717) is 11.5 Å². The van der Waals surface area contributed by atoms with Crippen molar-refractivity contribution < 1.29 is 9.90 Å². The molecule has 2 unspecified atom stereocenters. The molecular formula is C13H17BrN2O2. The van der Waals surface area contributed by atoms with Gasteiger partial charge in [0.05, 0.1) is 11.8 Å². The van der Waals surface area contributed by atoms with Crippen molar-refractivity contribution in [1.29, 1.82) is 0 Å². The molecule has 1 aromatic heterocycles. The van der Waals surface area contributed by atoms with E-state index < -0.39 is 0 Å². The van der Waals surface area contributed by atoms with Gasteiger partial charge in [0.15, 0.2) is 0 Å². The highest BCUT2D eigenvalue weighted by atomic mass is 79.9. The van der Waals surface area contributed by atoms with Crippen molar-refractivity contribution in [3.8, 4) is 5.75 Å². The zero-order chi connectivity index (χ0) is 13.0. The third kappa shape index (κ3) is 3.22. The Morgan fingerprint density at radius 2 is 2.39 bits per heavy atom. The highest BCUT2D eigenvalue weighted by molar-refractivity contribution is 9.09. The summed E-state index contributed by atoms with van der Waals surface area (Å²) in [5, 5.41) is 13.6. The molecule has 1 heterocycles. The van der Waals surface area contributed by atoms with E-state index in [1.54, 1.807) is 0 Å². The summed E-state index contributed by atoms with van der Waals surface area (Å²) in [6.07, 6.45) is 7.18. The smallest absolute Gasteiger partial charge is 0.255 e. The molecule has 1 amide bonds. The molecule has 1 aromatic rings. The minimum Gasteiger partial charge on any atom is -0.505 e. The van der Waals surface area contributed by atoms with Crippen molar-refractivity contribution in [2.75, 3.05) is 5.33 Å².